The van der Waals surface area contributed by atoms with Crippen LogP contribution in [0.5, 0.6) is 0 Å². The van der Waals surface area contributed by atoms with Gasteiger partial charge in [-0.05, 0) is 44.7 Å². The van der Waals surface area contributed by atoms with Crippen LogP contribution in [-0.4, -0.2) is 26.2 Å². The Morgan fingerprint density at radius 1 is 1.05 bits per heavy atom. The zero-order valence-electron chi connectivity index (χ0n) is 13.6. The largest absolute Gasteiger partial charge is 0.371 e. The Kier molecular flexibility index (Phi) is 6.06. The molecule has 0 saturated carbocycles. The van der Waals surface area contributed by atoms with Gasteiger partial charge < -0.3 is 10.2 Å². The highest BCUT2D eigenvalue weighted by atomic mass is 15.1. The fourth-order valence-electron chi connectivity index (χ4n) is 3.01. The molecule has 21 heavy (non-hydrogen) atoms. The smallest absolute Gasteiger partial charge is 0.0445 e. The van der Waals surface area contributed by atoms with E-state index in [9.17, 15) is 0 Å². The van der Waals surface area contributed by atoms with Crippen molar-refractivity contribution < 1.29 is 0 Å². The van der Waals surface area contributed by atoms with Gasteiger partial charge in [0.05, 0.1) is 0 Å². The van der Waals surface area contributed by atoms with Crippen molar-refractivity contribution in [1.82, 2.24) is 5.32 Å². The van der Waals surface area contributed by atoms with Crippen molar-refractivity contribution in [2.75, 3.05) is 25.0 Å². The van der Waals surface area contributed by atoms with Crippen LogP contribution in [0, 0.1) is 0 Å². The molecular formula is C19H28N2. The van der Waals surface area contributed by atoms with E-state index in [0.717, 1.165) is 13.1 Å². The van der Waals surface area contributed by atoms with Crippen LogP contribution in [0.15, 0.2) is 42.5 Å². The molecule has 0 saturated heterocycles. The average Bonchev–Trinajstić information content (AvgIpc) is 2.55. The van der Waals surface area contributed by atoms with Gasteiger partial charge in [0, 0.05) is 30.2 Å². The van der Waals surface area contributed by atoms with Crippen LogP contribution >= 0.6 is 0 Å². The van der Waals surface area contributed by atoms with Crippen LogP contribution in [0.2, 0.25) is 0 Å². The zero-order chi connectivity index (χ0) is 15.1. The Morgan fingerprint density at radius 2 is 1.81 bits per heavy atom. The highest BCUT2D eigenvalue weighted by Crippen LogP contribution is 2.26. The summed E-state index contributed by atoms with van der Waals surface area (Å²) in [4.78, 5) is 2.50. The van der Waals surface area contributed by atoms with Crippen molar-refractivity contribution >= 4 is 16.5 Å². The minimum Gasteiger partial charge on any atom is -0.371 e. The van der Waals surface area contributed by atoms with E-state index in [1.807, 2.05) is 0 Å². The fourth-order valence-corrected chi connectivity index (χ4v) is 3.01. The lowest BCUT2D eigenvalue weighted by molar-refractivity contribution is 0.491. The molecule has 2 rings (SSSR count). The number of nitrogens with zero attached hydrogens (tertiary/aromatic N) is 1. The number of nitrogens with one attached hydrogen (secondary N) is 1. The number of rotatable bonds is 8. The number of hydrogen-bond donors (Lipinski definition) is 1. The average molecular weight is 284 g/mol. The molecule has 0 aliphatic heterocycles. The summed E-state index contributed by atoms with van der Waals surface area (Å²) in [5.74, 6) is 0. The Balaban J connectivity index is 2.09. The molecule has 1 unspecified atom stereocenters. The van der Waals surface area contributed by atoms with Gasteiger partial charge in [-0.15, -0.1) is 0 Å². The Bertz CT molecular complexity index is 541. The summed E-state index contributed by atoms with van der Waals surface area (Å²) in [7, 11) is 2.07. The predicted octanol–water partition coefficient (Wildman–Crippen LogP) is 4.44. The van der Waals surface area contributed by atoms with E-state index < -0.39 is 0 Å². The topological polar surface area (TPSA) is 15.3 Å². The molecule has 0 spiro atoms. The van der Waals surface area contributed by atoms with Crippen LogP contribution in [-0.2, 0) is 0 Å². The van der Waals surface area contributed by atoms with Crippen molar-refractivity contribution in [1.29, 1.82) is 0 Å². The first-order chi connectivity index (χ1) is 10.3. The molecule has 0 aromatic heterocycles. The van der Waals surface area contributed by atoms with Crippen molar-refractivity contribution in [2.24, 2.45) is 0 Å². The van der Waals surface area contributed by atoms with Gasteiger partial charge in [0.2, 0.25) is 0 Å². The predicted molar refractivity (Wildman–Crippen MR) is 94.2 cm³/mol. The second-order valence-electron chi connectivity index (χ2n) is 5.61. The van der Waals surface area contributed by atoms with Gasteiger partial charge in [0.25, 0.3) is 0 Å². The van der Waals surface area contributed by atoms with E-state index in [2.05, 4.69) is 73.6 Å². The standard InChI is InChI=1S/C19H28N2/c1-4-17(20-3)12-9-15-21(5-2)19-14-8-11-16-10-6-7-13-18(16)19/h6-8,10-11,13-14,17,20H,4-5,9,12,15H2,1-3H3. The van der Waals surface area contributed by atoms with Gasteiger partial charge in [0.1, 0.15) is 0 Å². The van der Waals surface area contributed by atoms with Crippen LogP contribution in [0.3, 0.4) is 0 Å². The molecule has 0 heterocycles. The zero-order valence-corrected chi connectivity index (χ0v) is 13.6. The molecule has 2 nitrogen and oxygen atoms in total. The maximum Gasteiger partial charge on any atom is 0.0445 e. The first-order valence-electron chi connectivity index (χ1n) is 8.20. The monoisotopic (exact) mass is 284 g/mol. The van der Waals surface area contributed by atoms with Crippen molar-refractivity contribution in [3.8, 4) is 0 Å². The van der Waals surface area contributed by atoms with Crippen molar-refractivity contribution in [2.45, 2.75) is 39.2 Å². The molecule has 0 aliphatic rings. The van der Waals surface area contributed by atoms with Gasteiger partial charge in [-0.1, -0.05) is 43.3 Å². The van der Waals surface area contributed by atoms with Gasteiger partial charge in [0.15, 0.2) is 0 Å². The minimum absolute atomic E-state index is 0.649. The molecule has 0 bridgehead atoms. The molecule has 2 aromatic carbocycles. The molecule has 114 valence electrons. The third-order valence-electron chi connectivity index (χ3n) is 4.37. The molecule has 0 fully saturated rings. The molecular weight excluding hydrogens is 256 g/mol. The van der Waals surface area contributed by atoms with Crippen LogP contribution in [0.25, 0.3) is 10.8 Å². The summed E-state index contributed by atoms with van der Waals surface area (Å²) in [6.07, 6.45) is 3.68. The van der Waals surface area contributed by atoms with E-state index in [0.29, 0.717) is 6.04 Å². The summed E-state index contributed by atoms with van der Waals surface area (Å²) >= 11 is 0. The van der Waals surface area contributed by atoms with E-state index in [1.165, 1.54) is 35.7 Å². The SMILES string of the molecule is CCC(CCCN(CC)c1cccc2ccccc12)NC. The third kappa shape index (κ3) is 3.98. The maximum atomic E-state index is 3.39. The molecule has 1 N–H and O–H groups in total. The van der Waals surface area contributed by atoms with Gasteiger partial charge >= 0.3 is 0 Å². The van der Waals surface area contributed by atoms with Crippen molar-refractivity contribution in [3.05, 3.63) is 42.5 Å². The third-order valence-corrected chi connectivity index (χ3v) is 4.37. The van der Waals surface area contributed by atoms with Gasteiger partial charge in [-0.3, -0.25) is 0 Å². The van der Waals surface area contributed by atoms with E-state index in [-0.39, 0.29) is 0 Å². The minimum atomic E-state index is 0.649. The first-order valence-corrected chi connectivity index (χ1v) is 8.20. The lowest BCUT2D eigenvalue weighted by Crippen LogP contribution is -2.28. The maximum absolute atomic E-state index is 3.39. The normalized spacial score (nSPS) is 12.5. The van der Waals surface area contributed by atoms with Gasteiger partial charge in [-0.2, -0.15) is 0 Å². The van der Waals surface area contributed by atoms with E-state index >= 15 is 0 Å². The van der Waals surface area contributed by atoms with E-state index in [4.69, 9.17) is 0 Å². The summed E-state index contributed by atoms with van der Waals surface area (Å²) in [5.41, 5.74) is 1.37. The fraction of sp³-hybridized carbons (Fsp3) is 0.474. The molecule has 2 aromatic rings. The number of hydrogen-bond acceptors (Lipinski definition) is 2. The summed E-state index contributed by atoms with van der Waals surface area (Å²) in [6, 6.07) is 15.9. The van der Waals surface area contributed by atoms with Crippen LogP contribution < -0.4 is 10.2 Å². The second-order valence-corrected chi connectivity index (χ2v) is 5.61. The Labute approximate surface area is 129 Å². The highest BCUT2D eigenvalue weighted by molar-refractivity contribution is 5.94. The Hall–Kier alpha value is -1.54. The number of fused-ring (bicyclic) bond motifs is 1. The van der Waals surface area contributed by atoms with Crippen LogP contribution in [0.4, 0.5) is 5.69 Å². The number of anilines is 1. The molecule has 0 aliphatic carbocycles. The van der Waals surface area contributed by atoms with Crippen LogP contribution in [0.1, 0.15) is 33.1 Å². The summed E-state index contributed by atoms with van der Waals surface area (Å²) in [6.45, 7) is 6.69. The van der Waals surface area contributed by atoms with Crippen molar-refractivity contribution in [3.63, 3.8) is 0 Å². The quantitative estimate of drug-likeness (QED) is 0.770. The van der Waals surface area contributed by atoms with E-state index in [1.54, 1.807) is 0 Å². The van der Waals surface area contributed by atoms with Gasteiger partial charge in [-0.25, -0.2) is 0 Å². The molecule has 2 heteroatoms. The summed E-state index contributed by atoms with van der Waals surface area (Å²) < 4.78 is 0. The summed E-state index contributed by atoms with van der Waals surface area (Å²) in [5, 5.41) is 6.09. The molecule has 0 radical (unpaired) electrons. The lowest BCUT2D eigenvalue weighted by Gasteiger charge is -2.25. The molecule has 0 amide bonds. The first kappa shape index (κ1) is 15.8. The highest BCUT2D eigenvalue weighted by Gasteiger charge is 2.09. The molecule has 1 atom stereocenters. The lowest BCUT2D eigenvalue weighted by atomic mass is 10.1. The second kappa shape index (κ2) is 8.04. The Morgan fingerprint density at radius 3 is 2.52 bits per heavy atom. The number of benzene rings is 2.